The van der Waals surface area contributed by atoms with Gasteiger partial charge in [0, 0.05) is 0 Å². The zero-order valence-electron chi connectivity index (χ0n) is 10.6. The lowest BCUT2D eigenvalue weighted by atomic mass is 10.0. The quantitative estimate of drug-likeness (QED) is 0.370. The molecule has 0 spiro atoms. The fourth-order valence-electron chi connectivity index (χ4n) is 1.99. The number of rotatable bonds is 8. The summed E-state index contributed by atoms with van der Waals surface area (Å²) >= 11 is 0. The third-order valence-electron chi connectivity index (χ3n) is 2.97. The van der Waals surface area contributed by atoms with Gasteiger partial charge in [0.25, 0.3) is 0 Å². The van der Waals surface area contributed by atoms with E-state index in [1.807, 2.05) is 30.3 Å². The molecule has 0 fully saturated rings. The maximum absolute atomic E-state index is 10.4. The SMILES string of the molecule is CCCCCCCC(N=C=O)c1ccccc1. The number of hydrogen-bond acceptors (Lipinski definition) is 2. The normalized spacial score (nSPS) is 11.8. The van der Waals surface area contributed by atoms with Crippen molar-refractivity contribution in [1.82, 2.24) is 0 Å². The van der Waals surface area contributed by atoms with E-state index in [1.54, 1.807) is 6.08 Å². The maximum Gasteiger partial charge on any atom is 0.235 e. The predicted molar refractivity (Wildman–Crippen MR) is 70.7 cm³/mol. The molecule has 17 heavy (non-hydrogen) atoms. The Hall–Kier alpha value is -1.40. The van der Waals surface area contributed by atoms with Crippen LogP contribution in [-0.4, -0.2) is 6.08 Å². The molecule has 2 heteroatoms. The van der Waals surface area contributed by atoms with Gasteiger partial charge >= 0.3 is 0 Å². The lowest BCUT2D eigenvalue weighted by Crippen LogP contribution is -1.95. The molecule has 0 radical (unpaired) electrons. The molecule has 1 unspecified atom stereocenters. The predicted octanol–water partition coefficient (Wildman–Crippen LogP) is 4.42. The third kappa shape index (κ3) is 5.46. The van der Waals surface area contributed by atoms with Crippen LogP contribution in [0.25, 0.3) is 0 Å². The molecule has 1 atom stereocenters. The molecule has 2 nitrogen and oxygen atoms in total. The van der Waals surface area contributed by atoms with E-state index >= 15 is 0 Å². The molecular weight excluding hydrogens is 210 g/mol. The smallest absolute Gasteiger partial charge is 0.211 e. The minimum absolute atomic E-state index is 0.00433. The summed E-state index contributed by atoms with van der Waals surface area (Å²) in [5.74, 6) is 0. The minimum atomic E-state index is -0.00433. The summed E-state index contributed by atoms with van der Waals surface area (Å²) in [6.07, 6.45) is 8.84. The average molecular weight is 231 g/mol. The Bertz CT molecular complexity index is 341. The summed E-state index contributed by atoms with van der Waals surface area (Å²) in [5.41, 5.74) is 1.12. The highest BCUT2D eigenvalue weighted by Crippen LogP contribution is 2.23. The fourth-order valence-corrected chi connectivity index (χ4v) is 1.99. The monoisotopic (exact) mass is 231 g/mol. The van der Waals surface area contributed by atoms with Gasteiger partial charge in [0.2, 0.25) is 6.08 Å². The van der Waals surface area contributed by atoms with E-state index in [-0.39, 0.29) is 6.04 Å². The van der Waals surface area contributed by atoms with Crippen LogP contribution in [0.15, 0.2) is 35.3 Å². The van der Waals surface area contributed by atoms with Gasteiger partial charge in [-0.2, -0.15) is 4.99 Å². The van der Waals surface area contributed by atoms with Gasteiger partial charge in [0.15, 0.2) is 0 Å². The molecule has 0 bridgehead atoms. The molecule has 1 aromatic rings. The van der Waals surface area contributed by atoms with Crippen LogP contribution in [0.4, 0.5) is 0 Å². The molecule has 92 valence electrons. The second-order valence-corrected chi connectivity index (χ2v) is 4.35. The molecule has 1 aromatic carbocycles. The number of nitrogens with zero attached hydrogens (tertiary/aromatic N) is 1. The van der Waals surface area contributed by atoms with Crippen molar-refractivity contribution in [2.24, 2.45) is 4.99 Å². The van der Waals surface area contributed by atoms with Crippen molar-refractivity contribution in [1.29, 1.82) is 0 Å². The van der Waals surface area contributed by atoms with Gasteiger partial charge in [0.05, 0.1) is 6.04 Å². The van der Waals surface area contributed by atoms with Crippen LogP contribution in [-0.2, 0) is 4.79 Å². The number of aliphatic imine (C=N–C) groups is 1. The number of carbonyl (C=O) groups excluding carboxylic acids is 1. The van der Waals surface area contributed by atoms with Crippen molar-refractivity contribution in [2.45, 2.75) is 51.5 Å². The van der Waals surface area contributed by atoms with Crippen molar-refractivity contribution >= 4 is 6.08 Å². The van der Waals surface area contributed by atoms with Crippen molar-refractivity contribution in [2.75, 3.05) is 0 Å². The molecule has 0 N–H and O–H groups in total. The Morgan fingerprint density at radius 3 is 2.47 bits per heavy atom. The molecule has 0 aliphatic heterocycles. The van der Waals surface area contributed by atoms with Crippen LogP contribution in [0.5, 0.6) is 0 Å². The summed E-state index contributed by atoms with van der Waals surface area (Å²) in [6.45, 7) is 2.21. The van der Waals surface area contributed by atoms with Crippen LogP contribution in [0.2, 0.25) is 0 Å². The first-order valence-electron chi connectivity index (χ1n) is 6.50. The zero-order chi connectivity index (χ0) is 12.3. The van der Waals surface area contributed by atoms with Crippen LogP contribution >= 0.6 is 0 Å². The summed E-state index contributed by atoms with van der Waals surface area (Å²) in [4.78, 5) is 14.3. The van der Waals surface area contributed by atoms with E-state index in [4.69, 9.17) is 0 Å². The van der Waals surface area contributed by atoms with E-state index in [0.29, 0.717) is 0 Å². The van der Waals surface area contributed by atoms with Gasteiger partial charge < -0.3 is 0 Å². The Kier molecular flexibility index (Phi) is 7.01. The van der Waals surface area contributed by atoms with Crippen LogP contribution in [0, 0.1) is 0 Å². The second-order valence-electron chi connectivity index (χ2n) is 4.35. The molecule has 0 saturated carbocycles. The van der Waals surface area contributed by atoms with E-state index < -0.39 is 0 Å². The standard InChI is InChI=1S/C15H21NO/c1-2-3-4-5-9-12-15(16-13-17)14-10-7-6-8-11-14/h6-8,10-11,15H,2-5,9,12H2,1H3. The molecule has 0 saturated heterocycles. The van der Waals surface area contributed by atoms with E-state index in [9.17, 15) is 4.79 Å². The third-order valence-corrected chi connectivity index (χ3v) is 2.97. The largest absolute Gasteiger partial charge is 0.235 e. The molecule has 0 aliphatic rings. The summed E-state index contributed by atoms with van der Waals surface area (Å²) in [7, 11) is 0. The van der Waals surface area contributed by atoms with Crippen molar-refractivity contribution in [3.63, 3.8) is 0 Å². The topological polar surface area (TPSA) is 29.4 Å². The number of benzene rings is 1. The van der Waals surface area contributed by atoms with Crippen molar-refractivity contribution < 1.29 is 4.79 Å². The highest BCUT2D eigenvalue weighted by molar-refractivity contribution is 5.35. The minimum Gasteiger partial charge on any atom is -0.211 e. The van der Waals surface area contributed by atoms with Crippen LogP contribution in [0.1, 0.15) is 57.1 Å². The van der Waals surface area contributed by atoms with Gasteiger partial charge in [-0.3, -0.25) is 0 Å². The Balaban J connectivity index is 2.42. The average Bonchev–Trinajstić information content (AvgIpc) is 2.38. The highest BCUT2D eigenvalue weighted by Gasteiger charge is 2.08. The van der Waals surface area contributed by atoms with E-state index in [1.165, 1.54) is 25.7 Å². The van der Waals surface area contributed by atoms with Gasteiger partial charge in [-0.05, 0) is 12.0 Å². The first kappa shape index (κ1) is 13.7. The van der Waals surface area contributed by atoms with Crippen molar-refractivity contribution in [3.05, 3.63) is 35.9 Å². The van der Waals surface area contributed by atoms with E-state index in [0.717, 1.165) is 18.4 Å². The first-order valence-corrected chi connectivity index (χ1v) is 6.50. The highest BCUT2D eigenvalue weighted by atomic mass is 16.1. The lowest BCUT2D eigenvalue weighted by Gasteiger charge is -2.10. The Labute approximate surface area is 104 Å². The molecule has 1 rings (SSSR count). The van der Waals surface area contributed by atoms with Crippen LogP contribution in [0.3, 0.4) is 0 Å². The summed E-state index contributed by atoms with van der Waals surface area (Å²) in [5, 5.41) is 0. The Morgan fingerprint density at radius 1 is 1.12 bits per heavy atom. The molecule has 0 aromatic heterocycles. The number of isocyanates is 1. The zero-order valence-corrected chi connectivity index (χ0v) is 10.6. The van der Waals surface area contributed by atoms with E-state index in [2.05, 4.69) is 11.9 Å². The van der Waals surface area contributed by atoms with Gasteiger partial charge in [0.1, 0.15) is 0 Å². The molecule has 0 amide bonds. The van der Waals surface area contributed by atoms with Gasteiger partial charge in [-0.1, -0.05) is 69.4 Å². The van der Waals surface area contributed by atoms with Gasteiger partial charge in [-0.25, -0.2) is 4.79 Å². The second kappa shape index (κ2) is 8.72. The maximum atomic E-state index is 10.4. The summed E-state index contributed by atoms with van der Waals surface area (Å²) < 4.78 is 0. The first-order chi connectivity index (χ1) is 8.38. The number of hydrogen-bond donors (Lipinski definition) is 0. The summed E-state index contributed by atoms with van der Waals surface area (Å²) in [6, 6.07) is 10.00. The fraction of sp³-hybridized carbons (Fsp3) is 0.533. The lowest BCUT2D eigenvalue weighted by molar-refractivity contribution is 0.535. The molecule has 0 aliphatic carbocycles. The van der Waals surface area contributed by atoms with Gasteiger partial charge in [-0.15, -0.1) is 0 Å². The molecule has 0 heterocycles. The van der Waals surface area contributed by atoms with Crippen molar-refractivity contribution in [3.8, 4) is 0 Å². The Morgan fingerprint density at radius 2 is 1.82 bits per heavy atom. The van der Waals surface area contributed by atoms with Crippen LogP contribution < -0.4 is 0 Å². The number of unbranched alkanes of at least 4 members (excludes halogenated alkanes) is 4. The molecular formula is C15H21NO.